The van der Waals surface area contributed by atoms with Crippen molar-refractivity contribution < 1.29 is 9.53 Å². The highest BCUT2D eigenvalue weighted by molar-refractivity contribution is 14.0. The molecule has 0 saturated heterocycles. The summed E-state index contributed by atoms with van der Waals surface area (Å²) in [6.45, 7) is 0.599. The van der Waals surface area contributed by atoms with Crippen LogP contribution in [0.3, 0.4) is 0 Å². The number of benzene rings is 2. The number of amides is 1. The number of hydrogen-bond donors (Lipinski definition) is 3. The Morgan fingerprint density at radius 2 is 1.96 bits per heavy atom. The summed E-state index contributed by atoms with van der Waals surface area (Å²) in [5.74, 6) is 3.65. The van der Waals surface area contributed by atoms with E-state index in [-0.39, 0.29) is 36.4 Å². The zero-order valence-electron chi connectivity index (χ0n) is 15.3. The van der Waals surface area contributed by atoms with Crippen molar-refractivity contribution in [3.05, 3.63) is 59.7 Å². The monoisotopic (exact) mass is 478 g/mol. The van der Waals surface area contributed by atoms with E-state index in [1.54, 1.807) is 38.4 Å². The molecule has 3 N–H and O–H groups in total. The molecule has 0 unspecified atom stereocenters. The topological polar surface area (TPSA) is 74.8 Å². The molecule has 0 aliphatic rings. The number of methoxy groups -OCH3 is 1. The molecule has 27 heavy (non-hydrogen) atoms. The van der Waals surface area contributed by atoms with Crippen LogP contribution in [0.2, 0.25) is 0 Å². The van der Waals surface area contributed by atoms with E-state index in [9.17, 15) is 4.79 Å². The van der Waals surface area contributed by atoms with E-state index in [2.05, 4.69) is 26.9 Å². The lowest BCUT2D eigenvalue weighted by atomic mass is 10.2. The Morgan fingerprint density at radius 3 is 2.67 bits per heavy atom. The van der Waals surface area contributed by atoms with E-state index in [1.807, 2.05) is 24.3 Å². The predicted octanol–water partition coefficient (Wildman–Crippen LogP) is 2.60. The Morgan fingerprint density at radius 1 is 1.19 bits per heavy atom. The first-order chi connectivity index (χ1) is 12.7. The lowest BCUT2D eigenvalue weighted by Gasteiger charge is -2.13. The van der Waals surface area contributed by atoms with Gasteiger partial charge in [0.05, 0.1) is 13.7 Å². The first-order valence-electron chi connectivity index (χ1n) is 8.09. The smallest absolute Gasteiger partial charge is 0.243 e. The summed E-state index contributed by atoms with van der Waals surface area (Å²) in [6.07, 6.45) is 5.36. The Bertz CT molecular complexity index is 831. The number of nitrogens with zero attached hydrogens (tertiary/aromatic N) is 1. The van der Waals surface area contributed by atoms with Crippen LogP contribution in [0.1, 0.15) is 11.1 Å². The van der Waals surface area contributed by atoms with Gasteiger partial charge in [-0.1, -0.05) is 30.2 Å². The second-order valence-electron chi connectivity index (χ2n) is 5.36. The standard InChI is InChI=1S/C20H22N4O2.HI/c1-4-15-8-7-10-17(12-15)24-19(25)14-23-20(21-2)22-13-16-9-5-6-11-18(16)26-3;/h1,5-12H,13-14H2,2-3H3,(H,24,25)(H2,21,22,23);1H. The third kappa shape index (κ3) is 7.19. The molecule has 2 aromatic carbocycles. The summed E-state index contributed by atoms with van der Waals surface area (Å²) < 4.78 is 5.32. The Kier molecular flexibility index (Phi) is 9.75. The molecular weight excluding hydrogens is 455 g/mol. The number of anilines is 1. The molecule has 1 amide bonds. The molecule has 0 bridgehead atoms. The van der Waals surface area contributed by atoms with Crippen molar-refractivity contribution in [1.29, 1.82) is 0 Å². The molecule has 0 atom stereocenters. The molecule has 0 aromatic heterocycles. The molecule has 0 fully saturated rings. The second kappa shape index (κ2) is 11.8. The van der Waals surface area contributed by atoms with E-state index in [0.717, 1.165) is 11.3 Å². The van der Waals surface area contributed by atoms with Gasteiger partial charge in [-0.25, -0.2) is 0 Å². The first kappa shape index (κ1) is 22.3. The van der Waals surface area contributed by atoms with Gasteiger partial charge in [0.15, 0.2) is 5.96 Å². The Balaban J connectivity index is 0.00000364. The van der Waals surface area contributed by atoms with Crippen LogP contribution in [-0.4, -0.2) is 32.6 Å². The number of carbonyl (C=O) groups excluding carboxylic acids is 1. The molecule has 0 aliphatic carbocycles. The van der Waals surface area contributed by atoms with Crippen LogP contribution < -0.4 is 20.7 Å². The van der Waals surface area contributed by atoms with Crippen molar-refractivity contribution >= 4 is 41.5 Å². The maximum atomic E-state index is 12.1. The largest absolute Gasteiger partial charge is 0.496 e. The number of hydrogen-bond acceptors (Lipinski definition) is 3. The minimum absolute atomic E-state index is 0. The predicted molar refractivity (Wildman–Crippen MR) is 120 cm³/mol. The average Bonchev–Trinajstić information content (AvgIpc) is 2.68. The van der Waals surface area contributed by atoms with Gasteiger partial charge < -0.3 is 20.7 Å². The molecule has 0 radical (unpaired) electrons. The number of terminal acetylenes is 1. The normalized spacial score (nSPS) is 10.2. The van der Waals surface area contributed by atoms with Gasteiger partial charge in [-0.15, -0.1) is 30.4 Å². The van der Waals surface area contributed by atoms with Gasteiger partial charge in [-0.2, -0.15) is 0 Å². The fourth-order valence-electron chi connectivity index (χ4n) is 2.30. The zero-order valence-corrected chi connectivity index (χ0v) is 17.6. The number of para-hydroxylation sites is 1. The van der Waals surface area contributed by atoms with E-state index in [0.29, 0.717) is 23.8 Å². The molecule has 0 heterocycles. The molecule has 2 aromatic rings. The molecule has 2 rings (SSSR count). The van der Waals surface area contributed by atoms with Gasteiger partial charge >= 0.3 is 0 Å². The Hall–Kier alpha value is -2.73. The van der Waals surface area contributed by atoms with E-state index < -0.39 is 0 Å². The highest BCUT2D eigenvalue weighted by Crippen LogP contribution is 2.16. The Labute approximate surface area is 176 Å². The van der Waals surface area contributed by atoms with Crippen LogP contribution in [-0.2, 0) is 11.3 Å². The van der Waals surface area contributed by atoms with Crippen molar-refractivity contribution in [2.24, 2.45) is 4.99 Å². The summed E-state index contributed by atoms with van der Waals surface area (Å²) in [5, 5.41) is 8.91. The van der Waals surface area contributed by atoms with Crippen molar-refractivity contribution in [2.45, 2.75) is 6.54 Å². The number of ether oxygens (including phenoxy) is 1. The number of halogens is 1. The summed E-state index contributed by atoms with van der Waals surface area (Å²) >= 11 is 0. The maximum Gasteiger partial charge on any atom is 0.243 e. The minimum Gasteiger partial charge on any atom is -0.496 e. The first-order valence-corrected chi connectivity index (χ1v) is 8.09. The number of guanidine groups is 1. The number of carbonyl (C=O) groups is 1. The lowest BCUT2D eigenvalue weighted by molar-refractivity contribution is -0.115. The molecule has 6 nitrogen and oxygen atoms in total. The highest BCUT2D eigenvalue weighted by Gasteiger charge is 2.06. The van der Waals surface area contributed by atoms with Crippen molar-refractivity contribution in [3.63, 3.8) is 0 Å². The van der Waals surface area contributed by atoms with Crippen LogP contribution >= 0.6 is 24.0 Å². The van der Waals surface area contributed by atoms with Gasteiger partial charge in [0.25, 0.3) is 0 Å². The van der Waals surface area contributed by atoms with Crippen molar-refractivity contribution in [2.75, 3.05) is 26.0 Å². The van der Waals surface area contributed by atoms with Gasteiger partial charge in [0, 0.05) is 30.4 Å². The third-order valence-corrected chi connectivity index (χ3v) is 3.59. The minimum atomic E-state index is -0.195. The van der Waals surface area contributed by atoms with Gasteiger partial charge in [-0.3, -0.25) is 9.79 Å². The van der Waals surface area contributed by atoms with Crippen molar-refractivity contribution in [3.8, 4) is 18.1 Å². The number of aliphatic imine (C=N–C) groups is 1. The number of nitrogens with one attached hydrogen (secondary N) is 3. The van der Waals surface area contributed by atoms with Crippen LogP contribution in [0.15, 0.2) is 53.5 Å². The lowest BCUT2D eigenvalue weighted by Crippen LogP contribution is -2.41. The van der Waals surface area contributed by atoms with Gasteiger partial charge in [-0.05, 0) is 24.3 Å². The molecule has 142 valence electrons. The van der Waals surface area contributed by atoms with Crippen LogP contribution in [0.4, 0.5) is 5.69 Å². The fraction of sp³-hybridized carbons (Fsp3) is 0.200. The summed E-state index contributed by atoms with van der Waals surface area (Å²) in [4.78, 5) is 16.2. The third-order valence-electron chi connectivity index (χ3n) is 3.59. The zero-order chi connectivity index (χ0) is 18.8. The van der Waals surface area contributed by atoms with Crippen LogP contribution in [0.5, 0.6) is 5.75 Å². The SMILES string of the molecule is C#Cc1cccc(NC(=O)CNC(=NC)NCc2ccccc2OC)c1.I. The van der Waals surface area contributed by atoms with Gasteiger partial charge in [0.2, 0.25) is 5.91 Å². The summed E-state index contributed by atoms with van der Waals surface area (Å²) in [6, 6.07) is 14.8. The quantitative estimate of drug-likeness (QED) is 0.258. The molecular formula is C20H23IN4O2. The average molecular weight is 478 g/mol. The highest BCUT2D eigenvalue weighted by atomic mass is 127. The van der Waals surface area contributed by atoms with E-state index in [1.165, 1.54) is 0 Å². The van der Waals surface area contributed by atoms with Gasteiger partial charge in [0.1, 0.15) is 5.75 Å². The van der Waals surface area contributed by atoms with E-state index >= 15 is 0 Å². The molecule has 0 saturated carbocycles. The maximum absolute atomic E-state index is 12.1. The summed E-state index contributed by atoms with van der Waals surface area (Å²) in [7, 11) is 3.28. The molecule has 0 spiro atoms. The second-order valence-corrected chi connectivity index (χ2v) is 5.36. The molecule has 7 heteroatoms. The van der Waals surface area contributed by atoms with Crippen molar-refractivity contribution in [1.82, 2.24) is 10.6 Å². The van der Waals surface area contributed by atoms with E-state index in [4.69, 9.17) is 11.2 Å². The van der Waals surface area contributed by atoms with Crippen LogP contribution in [0, 0.1) is 12.3 Å². The van der Waals surface area contributed by atoms with Crippen LogP contribution in [0.25, 0.3) is 0 Å². The molecule has 0 aliphatic heterocycles. The summed E-state index contributed by atoms with van der Waals surface area (Å²) in [5.41, 5.74) is 2.36. The number of rotatable bonds is 6. The fourth-order valence-corrected chi connectivity index (χ4v) is 2.30.